The number of aromatic nitrogens is 5. The molecule has 1 unspecified atom stereocenters. The fourth-order valence-electron chi connectivity index (χ4n) is 5.75. The van der Waals surface area contributed by atoms with Gasteiger partial charge in [-0.15, -0.1) is 0 Å². The van der Waals surface area contributed by atoms with Crippen molar-refractivity contribution in [1.29, 1.82) is 10.5 Å². The van der Waals surface area contributed by atoms with Gasteiger partial charge in [-0.25, -0.2) is 0 Å². The second-order valence-corrected chi connectivity index (χ2v) is 11.9. The molecule has 1 aromatic carbocycles. The third-order valence-corrected chi connectivity index (χ3v) is 8.39. The summed E-state index contributed by atoms with van der Waals surface area (Å²) >= 11 is 0. The van der Waals surface area contributed by atoms with E-state index in [0.29, 0.717) is 44.1 Å². The second kappa shape index (κ2) is 15.1. The average Bonchev–Trinajstić information content (AvgIpc) is 3.90. The Hall–Kier alpha value is -5.69. The minimum atomic E-state index is -0.197. The highest BCUT2D eigenvalue weighted by Gasteiger charge is 2.26. The minimum absolute atomic E-state index is 0.00314. The standard InChI is InChI=1S/C18H21N5O.C16H18N6O/c1-13-10-17(18(24)20-16-8-9-22(11-16)12-19)21-23(13)14(2)15-6-4-3-5-7-15;1-12-8-15(16(23)19-14-5-7-21(9-14)11-17)20-22(12)10-13-4-2-3-6-18-13/h3-7,10,14,16H,8-9,11H2,1-2H3,(H,20,24);2-4,6,8,14H,5,7,9-10H2,1H3,(H,19,23)/t14?,16-;14-/m11/s1. The van der Waals surface area contributed by atoms with Gasteiger partial charge >= 0.3 is 0 Å². The number of hydrogen-bond acceptors (Lipinski definition) is 9. The van der Waals surface area contributed by atoms with Crippen molar-refractivity contribution in [2.45, 2.75) is 58.3 Å². The van der Waals surface area contributed by atoms with Gasteiger partial charge in [-0.1, -0.05) is 36.4 Å². The molecule has 2 saturated heterocycles. The number of carbonyl (C=O) groups excluding carboxylic acids is 2. The lowest BCUT2D eigenvalue weighted by molar-refractivity contribution is 0.0924. The van der Waals surface area contributed by atoms with E-state index in [1.54, 1.807) is 26.7 Å². The van der Waals surface area contributed by atoms with E-state index in [-0.39, 0.29) is 29.9 Å². The van der Waals surface area contributed by atoms with Gasteiger partial charge in [0.05, 0.1) is 18.3 Å². The molecule has 47 heavy (non-hydrogen) atoms. The molecule has 3 aromatic heterocycles. The van der Waals surface area contributed by atoms with Crippen LogP contribution in [0, 0.1) is 36.8 Å². The van der Waals surface area contributed by atoms with Gasteiger partial charge in [0.1, 0.15) is 11.4 Å². The van der Waals surface area contributed by atoms with E-state index in [9.17, 15) is 9.59 Å². The molecule has 2 aliphatic heterocycles. The predicted octanol–water partition coefficient (Wildman–Crippen LogP) is 3.01. The summed E-state index contributed by atoms with van der Waals surface area (Å²) in [5.74, 6) is -0.375. The van der Waals surface area contributed by atoms with Crippen LogP contribution in [0.4, 0.5) is 0 Å². The number of amides is 2. The Morgan fingerprint density at radius 1 is 0.851 bits per heavy atom. The topological polar surface area (TPSA) is 161 Å². The Labute approximate surface area is 274 Å². The van der Waals surface area contributed by atoms with Crippen LogP contribution in [0.15, 0.2) is 66.9 Å². The van der Waals surface area contributed by atoms with Gasteiger partial charge in [0.15, 0.2) is 12.4 Å². The molecule has 6 rings (SSSR count). The Kier molecular flexibility index (Phi) is 10.5. The van der Waals surface area contributed by atoms with Crippen LogP contribution in [-0.4, -0.2) is 84.4 Å². The van der Waals surface area contributed by atoms with Gasteiger partial charge in [0, 0.05) is 55.8 Å². The summed E-state index contributed by atoms with van der Waals surface area (Å²) in [6, 6.07) is 19.5. The zero-order valence-electron chi connectivity index (χ0n) is 26.9. The Bertz CT molecular complexity index is 1750. The van der Waals surface area contributed by atoms with E-state index in [1.165, 1.54) is 0 Å². The van der Waals surface area contributed by atoms with Crippen LogP contribution >= 0.6 is 0 Å². The number of likely N-dealkylation sites (tertiary alicyclic amines) is 2. The maximum atomic E-state index is 12.4. The largest absolute Gasteiger partial charge is 0.346 e. The number of rotatable bonds is 8. The molecule has 0 radical (unpaired) electrons. The number of carbonyl (C=O) groups is 2. The Balaban J connectivity index is 0.000000185. The van der Waals surface area contributed by atoms with Crippen molar-refractivity contribution in [3.05, 3.63) is 101 Å². The van der Waals surface area contributed by atoms with Crippen LogP contribution in [0.5, 0.6) is 0 Å². The molecule has 0 spiro atoms. The molecular formula is C34H39N11O2. The summed E-state index contributed by atoms with van der Waals surface area (Å²) in [4.78, 5) is 32.3. The summed E-state index contributed by atoms with van der Waals surface area (Å²) in [6.45, 7) is 8.99. The van der Waals surface area contributed by atoms with Crippen molar-refractivity contribution >= 4 is 11.8 Å². The Morgan fingerprint density at radius 3 is 1.98 bits per heavy atom. The van der Waals surface area contributed by atoms with Crippen LogP contribution < -0.4 is 10.6 Å². The summed E-state index contributed by atoms with van der Waals surface area (Å²) < 4.78 is 3.65. The van der Waals surface area contributed by atoms with Gasteiger partial charge in [-0.05, 0) is 63.4 Å². The minimum Gasteiger partial charge on any atom is -0.346 e. The highest BCUT2D eigenvalue weighted by Crippen LogP contribution is 2.20. The van der Waals surface area contributed by atoms with Crippen LogP contribution in [0.1, 0.15) is 69.4 Å². The number of nitriles is 2. The predicted molar refractivity (Wildman–Crippen MR) is 174 cm³/mol. The molecule has 13 nitrogen and oxygen atoms in total. The molecular weight excluding hydrogens is 594 g/mol. The zero-order valence-corrected chi connectivity index (χ0v) is 26.9. The van der Waals surface area contributed by atoms with Crippen molar-refractivity contribution < 1.29 is 9.59 Å². The van der Waals surface area contributed by atoms with E-state index in [4.69, 9.17) is 10.5 Å². The lowest BCUT2D eigenvalue weighted by Gasteiger charge is -2.14. The van der Waals surface area contributed by atoms with E-state index in [1.807, 2.05) is 61.0 Å². The first-order valence-electron chi connectivity index (χ1n) is 15.7. The number of benzene rings is 1. The molecule has 2 N–H and O–H groups in total. The van der Waals surface area contributed by atoms with E-state index >= 15 is 0 Å². The smallest absolute Gasteiger partial charge is 0.272 e. The summed E-state index contributed by atoms with van der Waals surface area (Å²) in [5, 5.41) is 32.5. The lowest BCUT2D eigenvalue weighted by Crippen LogP contribution is -2.36. The average molecular weight is 634 g/mol. The van der Waals surface area contributed by atoms with Crippen molar-refractivity contribution in [2.24, 2.45) is 0 Å². The van der Waals surface area contributed by atoms with Crippen LogP contribution in [0.2, 0.25) is 0 Å². The SMILES string of the molecule is Cc1cc(C(=O)N[C@@H]2CCN(C#N)C2)nn1C(C)c1ccccc1.Cc1cc(C(=O)N[C@@H]2CCN(C#N)C2)nn1Cc1ccccn1. The fourth-order valence-corrected chi connectivity index (χ4v) is 5.75. The molecule has 13 heteroatoms. The molecule has 0 bridgehead atoms. The highest BCUT2D eigenvalue weighted by molar-refractivity contribution is 5.93. The van der Waals surface area contributed by atoms with Crippen LogP contribution in [0.25, 0.3) is 0 Å². The number of aryl methyl sites for hydroxylation is 2. The first kappa shape index (κ1) is 32.7. The molecule has 0 saturated carbocycles. The molecule has 4 aromatic rings. The van der Waals surface area contributed by atoms with Gasteiger partial charge in [0.25, 0.3) is 11.8 Å². The fraction of sp³-hybridized carbons (Fsp3) is 0.382. The summed E-state index contributed by atoms with van der Waals surface area (Å²) in [7, 11) is 0. The van der Waals surface area contributed by atoms with Crippen molar-refractivity contribution in [1.82, 2.24) is 45.0 Å². The number of nitrogens with zero attached hydrogens (tertiary/aromatic N) is 9. The molecule has 2 fully saturated rings. The van der Waals surface area contributed by atoms with Gasteiger partial charge in [0.2, 0.25) is 0 Å². The molecule has 3 atom stereocenters. The number of nitrogens with one attached hydrogen (secondary N) is 2. The molecule has 5 heterocycles. The molecule has 0 aliphatic carbocycles. The number of hydrogen-bond donors (Lipinski definition) is 2. The van der Waals surface area contributed by atoms with E-state index in [0.717, 1.165) is 35.5 Å². The zero-order chi connectivity index (χ0) is 33.3. The molecule has 2 aliphatic rings. The van der Waals surface area contributed by atoms with E-state index in [2.05, 4.69) is 57.3 Å². The third-order valence-electron chi connectivity index (χ3n) is 8.39. The highest BCUT2D eigenvalue weighted by atomic mass is 16.2. The molecule has 2 amide bonds. The van der Waals surface area contributed by atoms with Gasteiger partial charge < -0.3 is 20.4 Å². The second-order valence-electron chi connectivity index (χ2n) is 11.9. The first-order valence-corrected chi connectivity index (χ1v) is 15.7. The van der Waals surface area contributed by atoms with Crippen LogP contribution in [0.3, 0.4) is 0 Å². The Morgan fingerprint density at radius 2 is 1.43 bits per heavy atom. The van der Waals surface area contributed by atoms with Crippen molar-refractivity contribution in [3.63, 3.8) is 0 Å². The molecule has 242 valence electrons. The van der Waals surface area contributed by atoms with Crippen LogP contribution in [-0.2, 0) is 6.54 Å². The first-order chi connectivity index (χ1) is 22.7. The van der Waals surface area contributed by atoms with Crippen molar-refractivity contribution in [3.8, 4) is 12.4 Å². The normalized spacial score (nSPS) is 17.6. The lowest BCUT2D eigenvalue weighted by atomic mass is 10.1. The maximum Gasteiger partial charge on any atom is 0.272 e. The monoisotopic (exact) mass is 633 g/mol. The maximum absolute atomic E-state index is 12.4. The van der Waals surface area contributed by atoms with Crippen molar-refractivity contribution in [2.75, 3.05) is 26.2 Å². The summed E-state index contributed by atoms with van der Waals surface area (Å²) in [5.41, 5.74) is 4.72. The van der Waals surface area contributed by atoms with Gasteiger partial charge in [-0.3, -0.25) is 23.9 Å². The summed E-state index contributed by atoms with van der Waals surface area (Å²) in [6.07, 6.45) is 7.53. The third kappa shape index (κ3) is 8.32. The quantitative estimate of drug-likeness (QED) is 0.278. The van der Waals surface area contributed by atoms with E-state index < -0.39 is 0 Å². The number of pyridine rings is 1. The van der Waals surface area contributed by atoms with Gasteiger partial charge in [-0.2, -0.15) is 20.7 Å².